The molecule has 0 saturated carbocycles. The van der Waals surface area contributed by atoms with Crippen molar-refractivity contribution in [2.45, 2.75) is 25.2 Å². The molecule has 0 radical (unpaired) electrons. The van der Waals surface area contributed by atoms with Crippen molar-refractivity contribution in [3.8, 4) is 0 Å². The van der Waals surface area contributed by atoms with Crippen LogP contribution in [0.25, 0.3) is 10.9 Å². The van der Waals surface area contributed by atoms with Crippen molar-refractivity contribution in [2.75, 3.05) is 6.61 Å². The average molecular weight is 374 g/mol. The van der Waals surface area contributed by atoms with Gasteiger partial charge in [0, 0.05) is 16.6 Å². The van der Waals surface area contributed by atoms with E-state index in [0.717, 1.165) is 28.2 Å². The summed E-state index contributed by atoms with van der Waals surface area (Å²) in [5, 5.41) is 10.8. The maximum atomic E-state index is 13.3. The van der Waals surface area contributed by atoms with E-state index in [1.807, 2.05) is 24.3 Å². The van der Waals surface area contributed by atoms with Crippen molar-refractivity contribution >= 4 is 16.8 Å². The molecule has 4 rings (SSSR count). The number of alkyl halides is 3. The van der Waals surface area contributed by atoms with Crippen LogP contribution in [0.5, 0.6) is 0 Å². The summed E-state index contributed by atoms with van der Waals surface area (Å²) in [5.41, 5.74) is 1.33. The van der Waals surface area contributed by atoms with Gasteiger partial charge in [-0.1, -0.05) is 30.3 Å². The number of carbonyl (C=O) groups excluding carboxylic acids is 1. The van der Waals surface area contributed by atoms with Gasteiger partial charge in [0.25, 0.3) is 5.91 Å². The SMILES string of the molecule is O=C(c1ccccc1C(F)(F)F)N1Cc2[nH]c3ccccc3c2CC1CO. The van der Waals surface area contributed by atoms with Crippen LogP contribution in [0, 0.1) is 0 Å². The summed E-state index contributed by atoms with van der Waals surface area (Å²) in [7, 11) is 0. The first-order valence-corrected chi connectivity index (χ1v) is 8.56. The van der Waals surface area contributed by atoms with Gasteiger partial charge in [-0.05, 0) is 30.2 Å². The van der Waals surface area contributed by atoms with E-state index in [4.69, 9.17) is 0 Å². The Kier molecular flexibility index (Phi) is 4.19. The maximum absolute atomic E-state index is 13.3. The zero-order valence-corrected chi connectivity index (χ0v) is 14.3. The predicted octanol–water partition coefficient (Wildman–Crippen LogP) is 3.75. The molecule has 0 bridgehead atoms. The number of fused-ring (bicyclic) bond motifs is 3. The molecule has 2 N–H and O–H groups in total. The van der Waals surface area contributed by atoms with Crippen LogP contribution in [-0.2, 0) is 19.1 Å². The van der Waals surface area contributed by atoms with E-state index in [-0.39, 0.29) is 13.2 Å². The molecule has 27 heavy (non-hydrogen) atoms. The number of benzene rings is 2. The van der Waals surface area contributed by atoms with Crippen LogP contribution in [0.2, 0.25) is 0 Å². The molecule has 0 fully saturated rings. The van der Waals surface area contributed by atoms with Gasteiger partial charge >= 0.3 is 6.18 Å². The Morgan fingerprint density at radius 1 is 1.15 bits per heavy atom. The molecule has 1 aliphatic rings. The van der Waals surface area contributed by atoms with Gasteiger partial charge in [0.1, 0.15) is 0 Å². The minimum absolute atomic E-state index is 0.125. The molecule has 1 amide bonds. The number of aliphatic hydroxyl groups excluding tert-OH is 1. The lowest BCUT2D eigenvalue weighted by Gasteiger charge is -2.35. The third-order valence-electron chi connectivity index (χ3n) is 5.05. The van der Waals surface area contributed by atoms with Crippen molar-refractivity contribution in [1.29, 1.82) is 0 Å². The normalized spacial score (nSPS) is 17.2. The lowest BCUT2D eigenvalue weighted by Crippen LogP contribution is -2.46. The Morgan fingerprint density at radius 2 is 1.85 bits per heavy atom. The van der Waals surface area contributed by atoms with Gasteiger partial charge in [-0.2, -0.15) is 13.2 Å². The molecule has 140 valence electrons. The van der Waals surface area contributed by atoms with Gasteiger partial charge in [0.15, 0.2) is 0 Å². The van der Waals surface area contributed by atoms with Crippen LogP contribution in [0.3, 0.4) is 0 Å². The molecule has 4 nitrogen and oxygen atoms in total. The largest absolute Gasteiger partial charge is 0.417 e. The molecule has 2 aromatic carbocycles. The van der Waals surface area contributed by atoms with Crippen LogP contribution in [0.1, 0.15) is 27.2 Å². The summed E-state index contributed by atoms with van der Waals surface area (Å²) in [5.74, 6) is -0.730. The summed E-state index contributed by atoms with van der Waals surface area (Å²) >= 11 is 0. The minimum atomic E-state index is -4.62. The van der Waals surface area contributed by atoms with Gasteiger partial charge in [-0.25, -0.2) is 0 Å². The second-order valence-electron chi connectivity index (χ2n) is 6.64. The standard InChI is InChI=1S/C20H17F3N2O2/c21-20(22,23)16-7-3-1-6-14(16)19(27)25-10-18-15(9-12(25)11-26)13-5-2-4-8-17(13)24-18/h1-8,12,24,26H,9-11H2. The van der Waals surface area contributed by atoms with Gasteiger partial charge in [-0.3, -0.25) is 4.79 Å². The number of aromatic nitrogens is 1. The first-order valence-electron chi connectivity index (χ1n) is 8.56. The molecule has 2 heterocycles. The van der Waals surface area contributed by atoms with Crippen LogP contribution in [-0.4, -0.2) is 33.5 Å². The zero-order chi connectivity index (χ0) is 19.2. The molecule has 0 aliphatic carbocycles. The van der Waals surface area contributed by atoms with E-state index in [1.54, 1.807) is 0 Å². The van der Waals surface area contributed by atoms with Gasteiger partial charge < -0.3 is 15.0 Å². The highest BCUT2D eigenvalue weighted by atomic mass is 19.4. The van der Waals surface area contributed by atoms with Crippen LogP contribution < -0.4 is 0 Å². The summed E-state index contributed by atoms with van der Waals surface area (Å²) in [4.78, 5) is 17.5. The number of hydrogen-bond acceptors (Lipinski definition) is 2. The monoisotopic (exact) mass is 374 g/mol. The summed E-state index contributed by atoms with van der Waals surface area (Å²) in [6, 6.07) is 11.8. The van der Waals surface area contributed by atoms with Crippen LogP contribution >= 0.6 is 0 Å². The lowest BCUT2D eigenvalue weighted by molar-refractivity contribution is -0.138. The van der Waals surface area contributed by atoms with E-state index in [2.05, 4.69) is 4.98 Å². The van der Waals surface area contributed by atoms with Crippen molar-refractivity contribution < 1.29 is 23.1 Å². The van der Waals surface area contributed by atoms with E-state index in [0.29, 0.717) is 6.42 Å². The Labute approximate surface area is 153 Å². The summed E-state index contributed by atoms with van der Waals surface area (Å²) in [6.07, 6.45) is -4.24. The van der Waals surface area contributed by atoms with Crippen molar-refractivity contribution in [1.82, 2.24) is 9.88 Å². The number of amides is 1. The van der Waals surface area contributed by atoms with Crippen molar-refractivity contribution in [3.05, 3.63) is 70.9 Å². The Morgan fingerprint density at radius 3 is 2.59 bits per heavy atom. The fraction of sp³-hybridized carbons (Fsp3) is 0.250. The number of nitrogens with zero attached hydrogens (tertiary/aromatic N) is 1. The smallest absolute Gasteiger partial charge is 0.394 e. The third-order valence-corrected chi connectivity index (χ3v) is 5.05. The number of nitrogens with one attached hydrogen (secondary N) is 1. The van der Waals surface area contributed by atoms with E-state index >= 15 is 0 Å². The Bertz CT molecular complexity index is 1010. The molecular weight excluding hydrogens is 357 g/mol. The first-order chi connectivity index (χ1) is 12.9. The fourth-order valence-corrected chi connectivity index (χ4v) is 3.74. The van der Waals surface area contributed by atoms with Crippen LogP contribution in [0.4, 0.5) is 13.2 Å². The zero-order valence-electron chi connectivity index (χ0n) is 14.3. The molecule has 1 aliphatic heterocycles. The Balaban J connectivity index is 1.75. The number of H-pyrrole nitrogens is 1. The molecule has 0 spiro atoms. The molecule has 3 aromatic rings. The number of aliphatic hydroxyl groups is 1. The topological polar surface area (TPSA) is 56.3 Å². The number of carbonyl (C=O) groups is 1. The number of rotatable bonds is 2. The highest BCUT2D eigenvalue weighted by molar-refractivity contribution is 5.96. The van der Waals surface area contributed by atoms with E-state index in [1.165, 1.54) is 23.1 Å². The third kappa shape index (κ3) is 2.98. The van der Waals surface area contributed by atoms with E-state index < -0.39 is 29.3 Å². The molecule has 1 atom stereocenters. The van der Waals surface area contributed by atoms with E-state index in [9.17, 15) is 23.1 Å². The van der Waals surface area contributed by atoms with Crippen molar-refractivity contribution in [2.24, 2.45) is 0 Å². The second-order valence-corrected chi connectivity index (χ2v) is 6.64. The predicted molar refractivity (Wildman–Crippen MR) is 94.2 cm³/mol. The fourth-order valence-electron chi connectivity index (χ4n) is 3.74. The molecule has 0 saturated heterocycles. The lowest BCUT2D eigenvalue weighted by atomic mass is 9.95. The number of para-hydroxylation sites is 1. The first kappa shape index (κ1) is 17.6. The van der Waals surface area contributed by atoms with Gasteiger partial charge in [-0.15, -0.1) is 0 Å². The van der Waals surface area contributed by atoms with Gasteiger partial charge in [0.2, 0.25) is 0 Å². The van der Waals surface area contributed by atoms with Gasteiger partial charge in [0.05, 0.1) is 30.3 Å². The van der Waals surface area contributed by atoms with Crippen molar-refractivity contribution in [3.63, 3.8) is 0 Å². The minimum Gasteiger partial charge on any atom is -0.394 e. The molecular formula is C20H17F3N2O2. The van der Waals surface area contributed by atoms with Crippen LogP contribution in [0.15, 0.2) is 48.5 Å². The molecule has 1 unspecified atom stereocenters. The molecule has 7 heteroatoms. The number of aromatic amines is 1. The quantitative estimate of drug-likeness (QED) is 0.718. The number of halogens is 3. The summed E-state index contributed by atoms with van der Waals surface area (Å²) < 4.78 is 39.9. The highest BCUT2D eigenvalue weighted by Crippen LogP contribution is 2.35. The second kappa shape index (κ2) is 6.42. The highest BCUT2D eigenvalue weighted by Gasteiger charge is 2.38. The Hall–Kier alpha value is -2.80. The number of hydrogen-bond donors (Lipinski definition) is 2. The average Bonchev–Trinajstić information content (AvgIpc) is 3.03. The summed E-state index contributed by atoms with van der Waals surface area (Å²) in [6.45, 7) is -0.195. The maximum Gasteiger partial charge on any atom is 0.417 e. The molecule has 1 aromatic heterocycles.